The minimum absolute atomic E-state index is 0.339. The van der Waals surface area contributed by atoms with E-state index in [0.717, 1.165) is 29.2 Å². The van der Waals surface area contributed by atoms with Gasteiger partial charge in [-0.2, -0.15) is 13.2 Å². The van der Waals surface area contributed by atoms with Crippen LogP contribution in [0.4, 0.5) is 18.9 Å². The number of rotatable bonds is 5. The second kappa shape index (κ2) is 9.07. The van der Waals surface area contributed by atoms with Gasteiger partial charge in [0.05, 0.1) is 24.4 Å². The molecule has 1 N–H and O–H groups in total. The summed E-state index contributed by atoms with van der Waals surface area (Å²) in [5.74, 6) is 0.665. The summed E-state index contributed by atoms with van der Waals surface area (Å²) in [4.78, 5) is 6.49. The highest BCUT2D eigenvalue weighted by Gasteiger charge is 2.42. The zero-order valence-electron chi connectivity index (χ0n) is 18.6. The van der Waals surface area contributed by atoms with Crippen LogP contribution in [0.15, 0.2) is 91.3 Å². The van der Waals surface area contributed by atoms with Gasteiger partial charge in [-0.25, -0.2) is 0 Å². The van der Waals surface area contributed by atoms with Crippen molar-refractivity contribution in [3.05, 3.63) is 108 Å². The maximum Gasteiger partial charge on any atom is 0.416 e. The van der Waals surface area contributed by atoms with Gasteiger partial charge in [-0.1, -0.05) is 18.2 Å². The first-order valence-corrected chi connectivity index (χ1v) is 11.3. The lowest BCUT2D eigenvalue weighted by molar-refractivity contribution is -0.137. The predicted octanol–water partition coefficient (Wildman–Crippen LogP) is 6.08. The Bertz CT molecular complexity index is 1360. The SMILES string of the molecule is COc1cccc(N2C(=S)N[C@@H](c3ccccn3)[C@@H]2c2cccn2-c2cccc(C(F)(F)F)c2)c1. The number of thiocarbonyl (C=S) groups is 1. The summed E-state index contributed by atoms with van der Waals surface area (Å²) in [6.07, 6.45) is -0.981. The molecule has 178 valence electrons. The van der Waals surface area contributed by atoms with Crippen molar-refractivity contribution in [2.24, 2.45) is 0 Å². The summed E-state index contributed by atoms with van der Waals surface area (Å²) in [6, 6.07) is 21.4. The van der Waals surface area contributed by atoms with Crippen LogP contribution in [0.25, 0.3) is 5.69 Å². The van der Waals surface area contributed by atoms with E-state index in [1.165, 1.54) is 6.07 Å². The average Bonchev–Trinajstić information content (AvgIpc) is 3.48. The number of pyridine rings is 1. The topological polar surface area (TPSA) is 42.3 Å². The van der Waals surface area contributed by atoms with Gasteiger partial charge in [0.2, 0.25) is 0 Å². The third-order valence-corrected chi connectivity index (χ3v) is 6.28. The van der Waals surface area contributed by atoms with Crippen molar-refractivity contribution in [2.75, 3.05) is 12.0 Å². The number of hydrogen-bond acceptors (Lipinski definition) is 3. The first-order chi connectivity index (χ1) is 16.9. The molecule has 5 rings (SSSR count). The lowest BCUT2D eigenvalue weighted by Crippen LogP contribution is -2.30. The zero-order chi connectivity index (χ0) is 24.6. The van der Waals surface area contributed by atoms with E-state index in [-0.39, 0.29) is 6.04 Å². The fourth-order valence-electron chi connectivity index (χ4n) is 4.40. The van der Waals surface area contributed by atoms with Crippen molar-refractivity contribution >= 4 is 23.0 Å². The maximum atomic E-state index is 13.4. The molecule has 0 radical (unpaired) electrons. The number of methoxy groups -OCH3 is 1. The van der Waals surface area contributed by atoms with Gasteiger partial charge in [0, 0.05) is 35.5 Å². The summed E-state index contributed by atoms with van der Waals surface area (Å²) in [5, 5.41) is 3.85. The van der Waals surface area contributed by atoms with Crippen molar-refractivity contribution in [3.8, 4) is 11.4 Å². The summed E-state index contributed by atoms with van der Waals surface area (Å²) in [7, 11) is 1.59. The molecule has 2 aromatic heterocycles. The molecule has 0 unspecified atom stereocenters. The summed E-state index contributed by atoms with van der Waals surface area (Å²) < 4.78 is 47.5. The summed E-state index contributed by atoms with van der Waals surface area (Å²) >= 11 is 5.75. The molecule has 2 aromatic carbocycles. The van der Waals surface area contributed by atoms with E-state index >= 15 is 0 Å². The molecule has 5 nitrogen and oxygen atoms in total. The fraction of sp³-hybridized carbons (Fsp3) is 0.154. The quantitative estimate of drug-likeness (QED) is 0.341. The Kier molecular flexibility index (Phi) is 5.94. The number of halogens is 3. The van der Waals surface area contributed by atoms with Gasteiger partial charge in [-0.05, 0) is 66.8 Å². The molecular weight excluding hydrogens is 473 g/mol. The van der Waals surface area contributed by atoms with Crippen LogP contribution in [-0.2, 0) is 6.18 Å². The van der Waals surface area contributed by atoms with E-state index in [1.54, 1.807) is 30.1 Å². The first-order valence-electron chi connectivity index (χ1n) is 10.9. The molecular formula is C26H21F3N4OS. The van der Waals surface area contributed by atoms with Gasteiger partial charge >= 0.3 is 6.18 Å². The number of aromatic nitrogens is 2. The van der Waals surface area contributed by atoms with Crippen LogP contribution in [0, 0.1) is 0 Å². The Labute approximate surface area is 205 Å². The Morgan fingerprint density at radius 2 is 1.74 bits per heavy atom. The van der Waals surface area contributed by atoms with Gasteiger partial charge in [0.25, 0.3) is 0 Å². The highest BCUT2D eigenvalue weighted by Crippen LogP contribution is 2.43. The maximum absolute atomic E-state index is 13.4. The number of nitrogens with zero attached hydrogens (tertiary/aromatic N) is 3. The number of alkyl halides is 3. The van der Waals surface area contributed by atoms with E-state index in [2.05, 4.69) is 10.3 Å². The highest BCUT2D eigenvalue weighted by atomic mass is 32.1. The largest absolute Gasteiger partial charge is 0.497 e. The highest BCUT2D eigenvalue weighted by molar-refractivity contribution is 7.80. The molecule has 0 spiro atoms. The van der Waals surface area contributed by atoms with E-state index in [1.807, 2.05) is 59.5 Å². The number of anilines is 1. The molecule has 0 aliphatic carbocycles. The van der Waals surface area contributed by atoms with Gasteiger partial charge in [-0.15, -0.1) is 0 Å². The molecule has 3 heterocycles. The van der Waals surface area contributed by atoms with Crippen LogP contribution < -0.4 is 15.0 Å². The smallest absolute Gasteiger partial charge is 0.416 e. The normalized spacial score (nSPS) is 17.9. The van der Waals surface area contributed by atoms with E-state index in [9.17, 15) is 13.2 Å². The second-order valence-corrected chi connectivity index (χ2v) is 8.44. The monoisotopic (exact) mass is 494 g/mol. The third-order valence-electron chi connectivity index (χ3n) is 5.96. The minimum atomic E-state index is -4.44. The number of hydrogen-bond donors (Lipinski definition) is 1. The first kappa shape index (κ1) is 22.9. The Balaban J connectivity index is 1.66. The lowest BCUT2D eigenvalue weighted by atomic mass is 10.0. The van der Waals surface area contributed by atoms with E-state index in [0.29, 0.717) is 16.5 Å². The molecule has 1 saturated heterocycles. The Morgan fingerprint density at radius 3 is 2.49 bits per heavy atom. The Hall–Kier alpha value is -3.85. The van der Waals surface area contributed by atoms with Crippen molar-refractivity contribution in [2.45, 2.75) is 18.3 Å². The number of nitrogens with one attached hydrogen (secondary N) is 1. The Morgan fingerprint density at radius 1 is 0.943 bits per heavy atom. The molecule has 1 aliphatic rings. The van der Waals surface area contributed by atoms with Crippen molar-refractivity contribution in [1.29, 1.82) is 0 Å². The van der Waals surface area contributed by atoms with Crippen LogP contribution in [0.5, 0.6) is 5.75 Å². The molecule has 35 heavy (non-hydrogen) atoms. The van der Waals surface area contributed by atoms with Crippen LogP contribution >= 0.6 is 12.2 Å². The second-order valence-electron chi connectivity index (χ2n) is 8.05. The van der Waals surface area contributed by atoms with Crippen LogP contribution in [0.1, 0.15) is 29.0 Å². The fourth-order valence-corrected chi connectivity index (χ4v) is 4.74. The lowest BCUT2D eigenvalue weighted by Gasteiger charge is -2.29. The molecule has 0 saturated carbocycles. The van der Waals surface area contributed by atoms with Crippen LogP contribution in [-0.4, -0.2) is 21.8 Å². The zero-order valence-corrected chi connectivity index (χ0v) is 19.4. The summed E-state index contributed by atoms with van der Waals surface area (Å²) in [5.41, 5.74) is 2.02. The van der Waals surface area contributed by atoms with Crippen molar-refractivity contribution in [1.82, 2.24) is 14.9 Å². The van der Waals surface area contributed by atoms with Gasteiger partial charge in [0.1, 0.15) is 11.8 Å². The molecule has 1 fully saturated rings. The van der Waals surface area contributed by atoms with Gasteiger partial charge in [0.15, 0.2) is 5.11 Å². The standard InChI is InChI=1S/C26H21F3N4OS/c1-34-20-10-5-9-19(16-20)33-24(23(31-25(33)35)21-11-2-3-13-30-21)22-12-6-14-32(22)18-8-4-7-17(15-18)26(27,28)29/h2-16,23-24H,1H3,(H,31,35)/t23-,24-/m0/s1. The van der Waals surface area contributed by atoms with Crippen molar-refractivity contribution in [3.63, 3.8) is 0 Å². The van der Waals surface area contributed by atoms with Gasteiger partial charge < -0.3 is 19.5 Å². The molecule has 0 bridgehead atoms. The molecule has 2 atom stereocenters. The number of ether oxygens (including phenoxy) is 1. The van der Waals surface area contributed by atoms with Crippen molar-refractivity contribution < 1.29 is 17.9 Å². The number of benzene rings is 2. The molecule has 9 heteroatoms. The third kappa shape index (κ3) is 4.35. The molecule has 0 amide bonds. The molecule has 4 aromatic rings. The van der Waals surface area contributed by atoms with Crippen LogP contribution in [0.3, 0.4) is 0 Å². The van der Waals surface area contributed by atoms with E-state index < -0.39 is 17.8 Å². The predicted molar refractivity (Wildman–Crippen MR) is 132 cm³/mol. The molecule has 1 aliphatic heterocycles. The van der Waals surface area contributed by atoms with Crippen LogP contribution in [0.2, 0.25) is 0 Å². The minimum Gasteiger partial charge on any atom is -0.497 e. The summed E-state index contributed by atoms with van der Waals surface area (Å²) in [6.45, 7) is 0. The van der Waals surface area contributed by atoms with E-state index in [4.69, 9.17) is 17.0 Å². The van der Waals surface area contributed by atoms with Gasteiger partial charge in [-0.3, -0.25) is 4.98 Å². The average molecular weight is 495 g/mol.